The number of nitro groups is 1. The molecule has 1 heterocycles. The van der Waals surface area contributed by atoms with Crippen molar-refractivity contribution >= 4 is 11.7 Å². The molecule has 0 radical (unpaired) electrons. The Hall–Kier alpha value is -2.36. The van der Waals surface area contributed by atoms with Crippen molar-refractivity contribution in [1.29, 1.82) is 5.26 Å². The molecule has 20 heavy (non-hydrogen) atoms. The first-order valence-corrected chi connectivity index (χ1v) is 6.26. The molecule has 0 fully saturated rings. The summed E-state index contributed by atoms with van der Waals surface area (Å²) in [6, 6.07) is 3.26. The van der Waals surface area contributed by atoms with Crippen LogP contribution in [0.2, 0.25) is 0 Å². The van der Waals surface area contributed by atoms with Crippen molar-refractivity contribution in [2.24, 2.45) is 5.41 Å². The van der Waals surface area contributed by atoms with Gasteiger partial charge in [-0.3, -0.25) is 10.1 Å². The van der Waals surface area contributed by atoms with Crippen LogP contribution >= 0.6 is 0 Å². The molecular formula is C13H17N3O4. The molecule has 0 aromatic carbocycles. The van der Waals surface area contributed by atoms with Crippen LogP contribution in [0.5, 0.6) is 0 Å². The van der Waals surface area contributed by atoms with E-state index in [1.807, 2.05) is 13.8 Å². The van der Waals surface area contributed by atoms with Gasteiger partial charge in [0.05, 0.1) is 22.6 Å². The number of aromatic nitrogens is 1. The summed E-state index contributed by atoms with van der Waals surface area (Å²) in [6.07, 6.45) is 3.36. The van der Waals surface area contributed by atoms with Gasteiger partial charge < -0.3 is 9.67 Å². The van der Waals surface area contributed by atoms with E-state index in [0.29, 0.717) is 19.4 Å². The molecule has 1 aromatic heterocycles. The predicted octanol–water partition coefficient (Wildman–Crippen LogP) is 2.81. The summed E-state index contributed by atoms with van der Waals surface area (Å²) in [5.74, 6) is -1.18. The van der Waals surface area contributed by atoms with Crippen LogP contribution in [-0.2, 0) is 6.54 Å². The highest BCUT2D eigenvalue weighted by Crippen LogP contribution is 2.23. The minimum Gasteiger partial charge on any atom is -0.477 e. The molecule has 0 aliphatic rings. The van der Waals surface area contributed by atoms with E-state index in [1.165, 1.54) is 10.8 Å². The van der Waals surface area contributed by atoms with Crippen LogP contribution in [0.1, 0.15) is 43.6 Å². The van der Waals surface area contributed by atoms with E-state index in [1.54, 1.807) is 0 Å². The van der Waals surface area contributed by atoms with Gasteiger partial charge in [-0.25, -0.2) is 4.79 Å². The lowest BCUT2D eigenvalue weighted by Gasteiger charge is -2.14. The molecule has 0 saturated carbocycles. The van der Waals surface area contributed by atoms with E-state index >= 15 is 0 Å². The van der Waals surface area contributed by atoms with E-state index < -0.39 is 16.3 Å². The molecule has 108 valence electrons. The van der Waals surface area contributed by atoms with Crippen molar-refractivity contribution in [2.45, 2.75) is 39.7 Å². The fraction of sp³-hybridized carbons (Fsp3) is 0.538. The minimum absolute atomic E-state index is 0.0868. The lowest BCUT2D eigenvalue weighted by molar-refractivity contribution is -0.384. The Bertz CT molecular complexity index is 554. The van der Waals surface area contributed by atoms with Gasteiger partial charge >= 0.3 is 5.97 Å². The van der Waals surface area contributed by atoms with Crippen LogP contribution in [-0.4, -0.2) is 20.6 Å². The highest BCUT2D eigenvalue weighted by molar-refractivity contribution is 5.86. The minimum atomic E-state index is -1.18. The average molecular weight is 279 g/mol. The van der Waals surface area contributed by atoms with Crippen molar-refractivity contribution in [3.05, 3.63) is 28.1 Å². The second kappa shape index (κ2) is 6.19. The third kappa shape index (κ3) is 4.09. The number of nitrogens with zero attached hydrogens (tertiary/aromatic N) is 3. The van der Waals surface area contributed by atoms with Crippen molar-refractivity contribution < 1.29 is 14.8 Å². The first-order chi connectivity index (χ1) is 9.26. The van der Waals surface area contributed by atoms with Gasteiger partial charge in [0, 0.05) is 12.6 Å². The molecule has 0 unspecified atom stereocenters. The average Bonchev–Trinajstić information content (AvgIpc) is 2.79. The molecule has 0 atom stereocenters. The smallest absolute Gasteiger partial charge is 0.352 e. The number of nitriles is 1. The highest BCUT2D eigenvalue weighted by Gasteiger charge is 2.19. The summed E-state index contributed by atoms with van der Waals surface area (Å²) in [7, 11) is 0. The van der Waals surface area contributed by atoms with Gasteiger partial charge in [-0.2, -0.15) is 5.26 Å². The fourth-order valence-electron chi connectivity index (χ4n) is 1.86. The van der Waals surface area contributed by atoms with Gasteiger partial charge in [-0.15, -0.1) is 0 Å². The second-order valence-electron chi connectivity index (χ2n) is 5.29. The third-order valence-corrected chi connectivity index (χ3v) is 3.07. The van der Waals surface area contributed by atoms with Gasteiger partial charge in [-0.05, 0) is 26.7 Å². The zero-order valence-corrected chi connectivity index (χ0v) is 11.5. The van der Waals surface area contributed by atoms with Crippen molar-refractivity contribution in [2.75, 3.05) is 0 Å². The third-order valence-electron chi connectivity index (χ3n) is 3.07. The quantitative estimate of drug-likeness (QED) is 0.469. The van der Waals surface area contributed by atoms with Gasteiger partial charge in [-0.1, -0.05) is 6.42 Å². The highest BCUT2D eigenvalue weighted by atomic mass is 16.6. The van der Waals surface area contributed by atoms with Gasteiger partial charge in [0.1, 0.15) is 5.69 Å². The molecule has 0 bridgehead atoms. The van der Waals surface area contributed by atoms with Crippen LogP contribution in [0.15, 0.2) is 12.3 Å². The predicted molar refractivity (Wildman–Crippen MR) is 71.3 cm³/mol. The molecule has 0 aliphatic carbocycles. The SMILES string of the molecule is CC(C)(C#N)CCCCn1cc([N+](=O)[O-])cc1C(=O)O. The Morgan fingerprint density at radius 3 is 2.70 bits per heavy atom. The van der Waals surface area contributed by atoms with Gasteiger partial charge in [0.25, 0.3) is 5.69 Å². The number of rotatable bonds is 7. The summed E-state index contributed by atoms with van der Waals surface area (Å²) >= 11 is 0. The number of unbranched alkanes of at least 4 members (excludes halogenated alkanes) is 1. The first-order valence-electron chi connectivity index (χ1n) is 6.26. The molecule has 0 saturated heterocycles. The summed E-state index contributed by atoms with van der Waals surface area (Å²) in [4.78, 5) is 21.1. The number of hydrogen-bond donors (Lipinski definition) is 1. The summed E-state index contributed by atoms with van der Waals surface area (Å²) < 4.78 is 1.37. The van der Waals surface area contributed by atoms with Crippen molar-refractivity contribution in [1.82, 2.24) is 4.57 Å². The molecule has 0 amide bonds. The molecule has 7 nitrogen and oxygen atoms in total. The zero-order chi connectivity index (χ0) is 15.3. The molecule has 1 aromatic rings. The number of hydrogen-bond acceptors (Lipinski definition) is 4. The molecule has 0 aliphatic heterocycles. The summed E-state index contributed by atoms with van der Waals surface area (Å²) in [5.41, 5.74) is -0.714. The fourth-order valence-corrected chi connectivity index (χ4v) is 1.86. The van der Waals surface area contributed by atoms with E-state index in [9.17, 15) is 14.9 Å². The van der Waals surface area contributed by atoms with Crippen LogP contribution in [0.3, 0.4) is 0 Å². The van der Waals surface area contributed by atoms with Gasteiger partial charge in [0.2, 0.25) is 0 Å². The lowest BCUT2D eigenvalue weighted by atomic mass is 9.89. The number of carboxylic acid groups (broad SMARTS) is 1. The molecule has 7 heteroatoms. The van der Waals surface area contributed by atoms with Crippen molar-refractivity contribution in [3.8, 4) is 6.07 Å². The molecule has 1 N–H and O–H groups in total. The maximum absolute atomic E-state index is 11.0. The van der Waals surface area contributed by atoms with Gasteiger partial charge in [0.15, 0.2) is 0 Å². The van der Waals surface area contributed by atoms with E-state index in [0.717, 1.165) is 12.5 Å². The summed E-state index contributed by atoms with van der Waals surface area (Å²) in [5, 5.41) is 28.5. The van der Waals surface area contributed by atoms with Crippen LogP contribution in [0, 0.1) is 26.9 Å². The molecule has 1 rings (SSSR count). The first kappa shape index (κ1) is 15.7. The number of aryl methyl sites for hydroxylation is 1. The Kier molecular flexibility index (Phi) is 4.86. The maximum Gasteiger partial charge on any atom is 0.352 e. The molecular weight excluding hydrogens is 262 g/mol. The van der Waals surface area contributed by atoms with E-state index in [-0.39, 0.29) is 11.4 Å². The normalized spacial score (nSPS) is 11.1. The second-order valence-corrected chi connectivity index (χ2v) is 5.29. The number of carboxylic acids is 1. The van der Waals surface area contributed by atoms with Crippen LogP contribution < -0.4 is 0 Å². The monoisotopic (exact) mass is 279 g/mol. The van der Waals surface area contributed by atoms with Crippen molar-refractivity contribution in [3.63, 3.8) is 0 Å². The summed E-state index contributed by atoms with van der Waals surface area (Å²) in [6.45, 7) is 4.07. The zero-order valence-electron chi connectivity index (χ0n) is 11.5. The Morgan fingerprint density at radius 1 is 1.55 bits per heavy atom. The Balaban J connectivity index is 2.66. The Morgan fingerprint density at radius 2 is 2.20 bits per heavy atom. The molecule has 0 spiro atoms. The number of carbonyl (C=O) groups is 1. The van der Waals surface area contributed by atoms with Crippen LogP contribution in [0.4, 0.5) is 5.69 Å². The maximum atomic E-state index is 11.0. The number of aromatic carboxylic acids is 1. The topological polar surface area (TPSA) is 109 Å². The standard InChI is InChI=1S/C13H17N3O4/c1-13(2,9-14)5-3-4-6-15-8-10(16(19)20)7-11(15)12(17)18/h7-8H,3-6H2,1-2H3,(H,17,18). The van der Waals surface area contributed by atoms with E-state index in [4.69, 9.17) is 10.4 Å². The largest absolute Gasteiger partial charge is 0.477 e. The van der Waals surface area contributed by atoms with E-state index in [2.05, 4.69) is 6.07 Å². The van der Waals surface area contributed by atoms with Crippen LogP contribution in [0.25, 0.3) is 0 Å². The lowest BCUT2D eigenvalue weighted by Crippen LogP contribution is -2.10. The Labute approximate surface area is 116 Å².